The standard InChI is InChI=1S/C11H15N5O2S/c1-7-11(8(2)15-14-7)16-19(17,18)10-6-13-5-4-9(10)12-3/h4-6,16H,1-3H3,(H,12,13)(H,14,15). The molecule has 0 aromatic carbocycles. The molecule has 0 fully saturated rings. The van der Waals surface area contributed by atoms with E-state index in [2.05, 4.69) is 25.2 Å². The van der Waals surface area contributed by atoms with E-state index < -0.39 is 10.0 Å². The van der Waals surface area contributed by atoms with E-state index in [1.807, 2.05) is 0 Å². The van der Waals surface area contributed by atoms with Crippen molar-refractivity contribution in [1.29, 1.82) is 0 Å². The lowest BCUT2D eigenvalue weighted by atomic mass is 10.3. The molecule has 0 aliphatic carbocycles. The van der Waals surface area contributed by atoms with Gasteiger partial charge >= 0.3 is 0 Å². The number of sulfonamides is 1. The third-order valence-electron chi connectivity index (χ3n) is 2.71. The average Bonchev–Trinajstić information content (AvgIpc) is 2.70. The first-order chi connectivity index (χ1) is 8.95. The predicted molar refractivity (Wildman–Crippen MR) is 72.7 cm³/mol. The molecular weight excluding hydrogens is 266 g/mol. The predicted octanol–water partition coefficient (Wildman–Crippen LogP) is 1.26. The number of aromatic nitrogens is 3. The van der Waals surface area contributed by atoms with Crippen LogP contribution in [0.3, 0.4) is 0 Å². The summed E-state index contributed by atoms with van der Waals surface area (Å²) < 4.78 is 27.2. The van der Waals surface area contributed by atoms with Crippen LogP contribution in [0, 0.1) is 13.8 Å². The smallest absolute Gasteiger partial charge is 0.265 e. The molecule has 0 radical (unpaired) electrons. The Morgan fingerprint density at radius 2 is 2.05 bits per heavy atom. The van der Waals surface area contributed by atoms with Crippen molar-refractivity contribution in [1.82, 2.24) is 15.2 Å². The number of anilines is 2. The lowest BCUT2D eigenvalue weighted by molar-refractivity contribution is 0.601. The molecule has 3 N–H and O–H groups in total. The molecule has 2 aromatic heterocycles. The van der Waals surface area contributed by atoms with Gasteiger partial charge < -0.3 is 5.32 Å². The van der Waals surface area contributed by atoms with E-state index >= 15 is 0 Å². The van der Waals surface area contributed by atoms with Gasteiger partial charge in [-0.2, -0.15) is 5.10 Å². The zero-order chi connectivity index (χ0) is 14.0. The summed E-state index contributed by atoms with van der Waals surface area (Å²) >= 11 is 0. The largest absolute Gasteiger partial charge is 0.387 e. The molecule has 2 rings (SSSR count). The van der Waals surface area contributed by atoms with E-state index in [0.717, 1.165) is 0 Å². The lowest BCUT2D eigenvalue weighted by Crippen LogP contribution is -2.16. The van der Waals surface area contributed by atoms with E-state index in [1.165, 1.54) is 12.4 Å². The first kappa shape index (κ1) is 13.3. The van der Waals surface area contributed by atoms with Crippen molar-refractivity contribution in [2.45, 2.75) is 18.7 Å². The Labute approximate surface area is 111 Å². The zero-order valence-electron chi connectivity index (χ0n) is 10.9. The highest BCUT2D eigenvalue weighted by atomic mass is 32.2. The summed E-state index contributed by atoms with van der Waals surface area (Å²) in [5.41, 5.74) is 2.21. The second-order valence-corrected chi connectivity index (χ2v) is 5.69. The monoisotopic (exact) mass is 281 g/mol. The molecule has 0 amide bonds. The SMILES string of the molecule is CNc1ccncc1S(=O)(=O)Nc1c(C)n[nH]c1C. The Morgan fingerprint density at radius 3 is 2.63 bits per heavy atom. The Bertz CT molecular complexity index is 673. The Morgan fingerprint density at radius 1 is 1.32 bits per heavy atom. The van der Waals surface area contributed by atoms with Crippen LogP contribution in [-0.4, -0.2) is 30.6 Å². The van der Waals surface area contributed by atoms with Gasteiger partial charge in [0.05, 0.1) is 22.8 Å². The Hall–Kier alpha value is -2.09. The normalized spacial score (nSPS) is 11.3. The molecule has 0 spiro atoms. The number of aromatic amines is 1. The molecular formula is C11H15N5O2S. The number of hydrogen-bond acceptors (Lipinski definition) is 5. The van der Waals surface area contributed by atoms with Gasteiger partial charge in [0.15, 0.2) is 0 Å². The van der Waals surface area contributed by atoms with Crippen LogP contribution >= 0.6 is 0 Å². The molecule has 0 bridgehead atoms. The topological polar surface area (TPSA) is 99.8 Å². The van der Waals surface area contributed by atoms with Gasteiger partial charge in [-0.05, 0) is 19.9 Å². The van der Waals surface area contributed by atoms with Crippen LogP contribution in [0.15, 0.2) is 23.4 Å². The fraction of sp³-hybridized carbons (Fsp3) is 0.273. The van der Waals surface area contributed by atoms with Crippen molar-refractivity contribution in [3.8, 4) is 0 Å². The van der Waals surface area contributed by atoms with Gasteiger partial charge in [-0.25, -0.2) is 8.42 Å². The van der Waals surface area contributed by atoms with Crippen LogP contribution in [0.25, 0.3) is 0 Å². The van der Waals surface area contributed by atoms with Crippen LogP contribution in [0.5, 0.6) is 0 Å². The van der Waals surface area contributed by atoms with Gasteiger partial charge in [-0.15, -0.1) is 0 Å². The highest BCUT2D eigenvalue weighted by Gasteiger charge is 2.21. The van der Waals surface area contributed by atoms with Crippen LogP contribution in [0.1, 0.15) is 11.4 Å². The number of H-pyrrole nitrogens is 1. The number of hydrogen-bond donors (Lipinski definition) is 3. The molecule has 0 unspecified atom stereocenters. The number of nitrogens with zero attached hydrogens (tertiary/aromatic N) is 2. The third-order valence-corrected chi connectivity index (χ3v) is 4.09. The van der Waals surface area contributed by atoms with Gasteiger partial charge in [-0.3, -0.25) is 14.8 Å². The van der Waals surface area contributed by atoms with Crippen LogP contribution in [-0.2, 0) is 10.0 Å². The average molecular weight is 281 g/mol. The highest BCUT2D eigenvalue weighted by Crippen LogP contribution is 2.24. The summed E-state index contributed by atoms with van der Waals surface area (Å²) in [6, 6.07) is 1.60. The van der Waals surface area contributed by atoms with Gasteiger partial charge in [0.2, 0.25) is 0 Å². The molecule has 2 heterocycles. The molecule has 19 heavy (non-hydrogen) atoms. The molecule has 2 aromatic rings. The van der Waals surface area contributed by atoms with Gasteiger partial charge in [0.1, 0.15) is 4.90 Å². The van der Waals surface area contributed by atoms with Gasteiger partial charge in [0, 0.05) is 19.4 Å². The fourth-order valence-electron chi connectivity index (χ4n) is 1.69. The molecule has 0 aliphatic rings. The van der Waals surface area contributed by atoms with Crippen molar-refractivity contribution in [2.75, 3.05) is 17.1 Å². The molecule has 102 valence electrons. The molecule has 8 heteroatoms. The van der Waals surface area contributed by atoms with Crippen molar-refractivity contribution >= 4 is 21.4 Å². The van der Waals surface area contributed by atoms with Crippen LogP contribution < -0.4 is 10.0 Å². The summed E-state index contributed by atoms with van der Waals surface area (Å²) in [4.78, 5) is 3.95. The van der Waals surface area contributed by atoms with E-state index in [-0.39, 0.29) is 4.90 Å². The van der Waals surface area contributed by atoms with E-state index in [4.69, 9.17) is 0 Å². The van der Waals surface area contributed by atoms with Crippen molar-refractivity contribution in [3.05, 3.63) is 29.8 Å². The Balaban J connectivity index is 2.44. The quantitative estimate of drug-likeness (QED) is 0.783. The third kappa shape index (κ3) is 2.53. The maximum Gasteiger partial charge on any atom is 0.265 e. The molecule has 0 aliphatic heterocycles. The number of aryl methyl sites for hydroxylation is 2. The minimum atomic E-state index is -3.71. The summed E-state index contributed by atoms with van der Waals surface area (Å²) in [7, 11) is -2.05. The summed E-state index contributed by atoms with van der Waals surface area (Å²) in [5, 5.41) is 9.51. The maximum absolute atomic E-state index is 12.4. The first-order valence-corrected chi connectivity index (χ1v) is 7.10. The zero-order valence-corrected chi connectivity index (χ0v) is 11.7. The summed E-state index contributed by atoms with van der Waals surface area (Å²) in [5.74, 6) is 0. The lowest BCUT2D eigenvalue weighted by Gasteiger charge is -2.11. The second kappa shape index (κ2) is 4.88. The first-order valence-electron chi connectivity index (χ1n) is 5.62. The number of pyridine rings is 1. The number of nitrogens with one attached hydrogen (secondary N) is 3. The van der Waals surface area contributed by atoms with Crippen molar-refractivity contribution in [3.63, 3.8) is 0 Å². The molecule has 0 saturated heterocycles. The van der Waals surface area contributed by atoms with Crippen molar-refractivity contribution in [2.24, 2.45) is 0 Å². The molecule has 0 atom stereocenters. The molecule has 7 nitrogen and oxygen atoms in total. The minimum Gasteiger partial charge on any atom is -0.387 e. The molecule has 0 saturated carbocycles. The van der Waals surface area contributed by atoms with Gasteiger partial charge in [-0.1, -0.05) is 0 Å². The Kier molecular flexibility index (Phi) is 3.43. The number of rotatable bonds is 4. The maximum atomic E-state index is 12.4. The van der Waals surface area contributed by atoms with Gasteiger partial charge in [0.25, 0.3) is 10.0 Å². The van der Waals surface area contributed by atoms with Crippen LogP contribution in [0.2, 0.25) is 0 Å². The minimum absolute atomic E-state index is 0.0949. The fourth-order valence-corrected chi connectivity index (χ4v) is 3.03. The van der Waals surface area contributed by atoms with E-state index in [1.54, 1.807) is 27.0 Å². The summed E-state index contributed by atoms with van der Waals surface area (Å²) in [6.07, 6.45) is 2.83. The van der Waals surface area contributed by atoms with E-state index in [0.29, 0.717) is 22.8 Å². The van der Waals surface area contributed by atoms with Crippen LogP contribution in [0.4, 0.5) is 11.4 Å². The summed E-state index contributed by atoms with van der Waals surface area (Å²) in [6.45, 7) is 3.48. The van der Waals surface area contributed by atoms with Crippen molar-refractivity contribution < 1.29 is 8.42 Å². The second-order valence-electron chi connectivity index (χ2n) is 4.04. The van der Waals surface area contributed by atoms with E-state index in [9.17, 15) is 8.42 Å². The highest BCUT2D eigenvalue weighted by molar-refractivity contribution is 7.92.